The first-order chi connectivity index (χ1) is 14.5. The molecule has 30 heavy (non-hydrogen) atoms. The van der Waals surface area contributed by atoms with Crippen molar-refractivity contribution >= 4 is 23.7 Å². The van der Waals surface area contributed by atoms with Crippen molar-refractivity contribution in [1.29, 1.82) is 0 Å². The Balaban J connectivity index is 1.56. The number of nitrogens with zero attached hydrogens (tertiary/aromatic N) is 2. The number of ether oxygens (including phenoxy) is 2. The zero-order valence-corrected chi connectivity index (χ0v) is 16.2. The lowest BCUT2D eigenvalue weighted by Gasteiger charge is -2.11. The lowest BCUT2D eigenvalue weighted by atomic mass is 10.2. The summed E-state index contributed by atoms with van der Waals surface area (Å²) in [6.45, 7) is 0.202. The van der Waals surface area contributed by atoms with E-state index >= 15 is 0 Å². The van der Waals surface area contributed by atoms with Gasteiger partial charge in [-0.1, -0.05) is 0 Å². The van der Waals surface area contributed by atoms with Crippen molar-refractivity contribution in [3.05, 3.63) is 63.7 Å². The number of carbonyl (C=O) groups excluding carboxylic acids is 2. The average Bonchev–Trinajstić information content (AvgIpc) is 3.56. The summed E-state index contributed by atoms with van der Waals surface area (Å²) in [6, 6.07) is 11.2. The molecule has 3 rings (SSSR count). The lowest BCUT2D eigenvalue weighted by Crippen LogP contribution is -2.38. The molecule has 2 aromatic carbocycles. The van der Waals surface area contributed by atoms with Crippen LogP contribution in [0.5, 0.6) is 11.5 Å². The Bertz CT molecular complexity index is 970. The summed E-state index contributed by atoms with van der Waals surface area (Å²) in [5.74, 6) is -0.616. The molecular formula is C20H20N4O6. The van der Waals surface area contributed by atoms with Gasteiger partial charge in [0.1, 0.15) is 6.61 Å². The van der Waals surface area contributed by atoms with Crippen LogP contribution < -0.4 is 20.2 Å². The van der Waals surface area contributed by atoms with Gasteiger partial charge in [0.25, 0.3) is 5.69 Å². The van der Waals surface area contributed by atoms with Crippen LogP contribution in [0, 0.1) is 10.1 Å². The van der Waals surface area contributed by atoms with Crippen LogP contribution in [0.1, 0.15) is 24.0 Å². The highest BCUT2D eigenvalue weighted by Crippen LogP contribution is 2.28. The zero-order chi connectivity index (χ0) is 21.5. The standard InChI is InChI=1S/C20H20N4O6/c1-29-18-10-14(11-21-23-20(26)19(25)22-15-5-6-15)4-9-17(18)30-12-13-2-7-16(8-3-13)24(27)28/h2-4,7-11,15H,5-6,12H2,1H3,(H,22,25)(H,23,26)/b21-11-. The monoisotopic (exact) mass is 412 g/mol. The number of nitrogens with one attached hydrogen (secondary N) is 2. The first-order valence-electron chi connectivity index (χ1n) is 9.14. The highest BCUT2D eigenvalue weighted by molar-refractivity contribution is 6.35. The maximum atomic E-state index is 11.6. The fraction of sp³-hybridized carbons (Fsp3) is 0.250. The molecule has 1 fully saturated rings. The van der Waals surface area contributed by atoms with Gasteiger partial charge < -0.3 is 14.8 Å². The Kier molecular flexibility index (Phi) is 6.58. The van der Waals surface area contributed by atoms with Crippen LogP contribution in [0.25, 0.3) is 0 Å². The number of hydrazone groups is 1. The molecule has 1 aliphatic carbocycles. The number of carbonyl (C=O) groups is 2. The smallest absolute Gasteiger partial charge is 0.329 e. The Labute approximate surface area is 172 Å². The van der Waals surface area contributed by atoms with Crippen molar-refractivity contribution in [2.75, 3.05) is 7.11 Å². The maximum absolute atomic E-state index is 11.6. The Morgan fingerprint density at radius 3 is 2.53 bits per heavy atom. The van der Waals surface area contributed by atoms with Crippen molar-refractivity contribution in [2.45, 2.75) is 25.5 Å². The normalized spacial score (nSPS) is 13.0. The van der Waals surface area contributed by atoms with Gasteiger partial charge in [-0.15, -0.1) is 0 Å². The summed E-state index contributed by atoms with van der Waals surface area (Å²) >= 11 is 0. The van der Waals surface area contributed by atoms with Gasteiger partial charge in [-0.2, -0.15) is 5.10 Å². The molecule has 0 radical (unpaired) electrons. The lowest BCUT2D eigenvalue weighted by molar-refractivity contribution is -0.384. The second-order valence-corrected chi connectivity index (χ2v) is 6.57. The Hall–Kier alpha value is -3.95. The third-order valence-corrected chi connectivity index (χ3v) is 4.23. The number of hydrogen-bond acceptors (Lipinski definition) is 7. The van der Waals surface area contributed by atoms with Crippen LogP contribution in [0.3, 0.4) is 0 Å². The van der Waals surface area contributed by atoms with Crippen LogP contribution in [0.15, 0.2) is 47.6 Å². The molecule has 10 nitrogen and oxygen atoms in total. The third kappa shape index (κ3) is 5.77. The molecule has 1 aliphatic rings. The van der Waals surface area contributed by atoms with Crippen molar-refractivity contribution in [3.8, 4) is 11.5 Å². The molecule has 0 atom stereocenters. The van der Waals surface area contributed by atoms with Crippen LogP contribution in [-0.4, -0.2) is 36.1 Å². The summed E-state index contributed by atoms with van der Waals surface area (Å²) in [7, 11) is 1.49. The van der Waals surface area contributed by atoms with E-state index in [9.17, 15) is 19.7 Å². The number of methoxy groups -OCH3 is 1. The van der Waals surface area contributed by atoms with Gasteiger partial charge in [0.15, 0.2) is 11.5 Å². The summed E-state index contributed by atoms with van der Waals surface area (Å²) in [5, 5.41) is 17.0. The van der Waals surface area contributed by atoms with E-state index in [0.29, 0.717) is 17.1 Å². The molecule has 2 N–H and O–H groups in total. The van der Waals surface area contributed by atoms with E-state index in [-0.39, 0.29) is 18.3 Å². The van der Waals surface area contributed by atoms with Gasteiger partial charge in [-0.3, -0.25) is 19.7 Å². The largest absolute Gasteiger partial charge is 0.493 e. The van der Waals surface area contributed by atoms with E-state index in [1.807, 2.05) is 0 Å². The van der Waals surface area contributed by atoms with Gasteiger partial charge in [-0.25, -0.2) is 5.43 Å². The first-order valence-corrected chi connectivity index (χ1v) is 9.14. The minimum Gasteiger partial charge on any atom is -0.493 e. The predicted molar refractivity (Wildman–Crippen MR) is 107 cm³/mol. The molecule has 10 heteroatoms. The fourth-order valence-electron chi connectivity index (χ4n) is 2.45. The van der Waals surface area contributed by atoms with Crippen LogP contribution in [0.4, 0.5) is 5.69 Å². The summed E-state index contributed by atoms with van der Waals surface area (Å²) < 4.78 is 11.0. The van der Waals surface area contributed by atoms with Gasteiger partial charge in [0.05, 0.1) is 18.2 Å². The minimum absolute atomic E-state index is 0.0112. The quantitative estimate of drug-likeness (QED) is 0.295. The molecule has 0 heterocycles. The third-order valence-electron chi connectivity index (χ3n) is 4.23. The molecule has 156 valence electrons. The van der Waals surface area contributed by atoms with E-state index in [2.05, 4.69) is 15.8 Å². The molecule has 0 unspecified atom stereocenters. The van der Waals surface area contributed by atoms with Crippen LogP contribution in [-0.2, 0) is 16.2 Å². The molecule has 2 amide bonds. The van der Waals surface area contributed by atoms with Gasteiger partial charge in [-0.05, 0) is 54.3 Å². The van der Waals surface area contributed by atoms with Gasteiger partial charge in [0.2, 0.25) is 0 Å². The molecule has 2 aromatic rings. The van der Waals surface area contributed by atoms with E-state index < -0.39 is 16.7 Å². The molecule has 0 bridgehead atoms. The number of nitro groups is 1. The Morgan fingerprint density at radius 1 is 1.17 bits per heavy atom. The molecule has 0 saturated heterocycles. The average molecular weight is 412 g/mol. The van der Waals surface area contributed by atoms with E-state index in [0.717, 1.165) is 18.4 Å². The zero-order valence-electron chi connectivity index (χ0n) is 16.2. The van der Waals surface area contributed by atoms with E-state index in [4.69, 9.17) is 9.47 Å². The molecule has 0 spiro atoms. The van der Waals surface area contributed by atoms with Crippen LogP contribution in [0.2, 0.25) is 0 Å². The summed E-state index contributed by atoms with van der Waals surface area (Å²) in [6.07, 6.45) is 3.16. The second kappa shape index (κ2) is 9.50. The number of hydrogen-bond donors (Lipinski definition) is 2. The van der Waals surface area contributed by atoms with Crippen molar-refractivity contribution in [2.24, 2.45) is 5.10 Å². The Morgan fingerprint density at radius 2 is 1.90 bits per heavy atom. The molecule has 0 aliphatic heterocycles. The van der Waals surface area contributed by atoms with Crippen LogP contribution >= 0.6 is 0 Å². The highest BCUT2D eigenvalue weighted by Gasteiger charge is 2.26. The van der Waals surface area contributed by atoms with Crippen molar-refractivity contribution < 1.29 is 24.0 Å². The van der Waals surface area contributed by atoms with Gasteiger partial charge >= 0.3 is 11.8 Å². The number of amides is 2. The highest BCUT2D eigenvalue weighted by atomic mass is 16.6. The summed E-state index contributed by atoms with van der Waals surface area (Å²) in [5.41, 5.74) is 3.57. The topological polar surface area (TPSA) is 132 Å². The summed E-state index contributed by atoms with van der Waals surface area (Å²) in [4.78, 5) is 33.4. The van der Waals surface area contributed by atoms with E-state index in [1.54, 1.807) is 30.3 Å². The number of rotatable bonds is 8. The molecule has 1 saturated carbocycles. The second-order valence-electron chi connectivity index (χ2n) is 6.57. The van der Waals surface area contributed by atoms with Crippen molar-refractivity contribution in [1.82, 2.24) is 10.7 Å². The fourth-order valence-corrected chi connectivity index (χ4v) is 2.45. The predicted octanol–water partition coefficient (Wildman–Crippen LogP) is 1.91. The van der Waals surface area contributed by atoms with E-state index in [1.165, 1.54) is 25.5 Å². The number of non-ortho nitro benzene ring substituents is 1. The SMILES string of the molecule is COc1cc(/C=N\NC(=O)C(=O)NC2CC2)ccc1OCc1ccc([N+](=O)[O-])cc1. The van der Waals surface area contributed by atoms with Crippen molar-refractivity contribution in [3.63, 3.8) is 0 Å². The maximum Gasteiger partial charge on any atom is 0.329 e. The molecule has 0 aromatic heterocycles. The van der Waals surface area contributed by atoms with Gasteiger partial charge in [0, 0.05) is 18.2 Å². The minimum atomic E-state index is -0.826. The number of benzene rings is 2. The molecular weight excluding hydrogens is 392 g/mol. The first kappa shape index (κ1) is 20.8. The number of nitro benzene ring substituents is 1.